The first-order valence-corrected chi connectivity index (χ1v) is 10.3. The smallest absolute Gasteiger partial charge is 0.223 e. The molecular weight excluding hydrogens is 376 g/mol. The van der Waals surface area contributed by atoms with Crippen molar-refractivity contribution in [3.8, 4) is 16.9 Å². The van der Waals surface area contributed by atoms with Crippen LogP contribution in [-0.4, -0.2) is 35.9 Å². The molecule has 2 aromatic carbocycles. The molecule has 1 aromatic heterocycles. The molecule has 0 radical (unpaired) electrons. The number of ether oxygens (including phenoxy) is 1. The van der Waals surface area contributed by atoms with E-state index in [0.717, 1.165) is 41.8 Å². The molecule has 4 rings (SSSR count). The van der Waals surface area contributed by atoms with Crippen LogP contribution in [0.3, 0.4) is 0 Å². The van der Waals surface area contributed by atoms with Crippen LogP contribution in [0.1, 0.15) is 28.9 Å². The maximum atomic E-state index is 13.1. The zero-order valence-corrected chi connectivity index (χ0v) is 17.1. The van der Waals surface area contributed by atoms with Crippen molar-refractivity contribution in [2.75, 3.05) is 20.2 Å². The average Bonchev–Trinajstić information content (AvgIpc) is 2.80. The van der Waals surface area contributed by atoms with Crippen LogP contribution in [0.5, 0.6) is 5.75 Å². The van der Waals surface area contributed by atoms with Gasteiger partial charge in [0.25, 0.3) is 0 Å². The van der Waals surface area contributed by atoms with Crippen molar-refractivity contribution in [1.82, 2.24) is 9.88 Å². The fourth-order valence-corrected chi connectivity index (χ4v) is 4.10. The lowest BCUT2D eigenvalue weighted by atomic mass is 9.89. The van der Waals surface area contributed by atoms with E-state index < -0.39 is 0 Å². The molecule has 0 spiro atoms. The van der Waals surface area contributed by atoms with Crippen molar-refractivity contribution in [1.29, 1.82) is 0 Å². The second-order valence-corrected chi connectivity index (χ2v) is 7.77. The predicted molar refractivity (Wildman–Crippen MR) is 118 cm³/mol. The zero-order chi connectivity index (χ0) is 20.9. The molecule has 0 aliphatic carbocycles. The molecule has 0 bridgehead atoms. The van der Waals surface area contributed by atoms with Crippen molar-refractivity contribution in [2.45, 2.75) is 19.4 Å². The summed E-state index contributed by atoms with van der Waals surface area (Å²) < 4.78 is 5.02. The Morgan fingerprint density at radius 1 is 1.10 bits per heavy atom. The van der Waals surface area contributed by atoms with E-state index in [2.05, 4.69) is 22.0 Å². The summed E-state index contributed by atoms with van der Waals surface area (Å²) in [6, 6.07) is 19.6. The lowest BCUT2D eigenvalue weighted by Gasteiger charge is -2.31. The molecule has 1 saturated heterocycles. The Morgan fingerprint density at radius 3 is 2.53 bits per heavy atom. The number of aromatic nitrogens is 1. The number of hydrogen-bond donors (Lipinski definition) is 1. The van der Waals surface area contributed by atoms with E-state index in [4.69, 9.17) is 4.74 Å². The number of benzene rings is 2. The van der Waals surface area contributed by atoms with Crippen molar-refractivity contribution in [3.05, 3.63) is 88.3 Å². The number of Topliss-reactive ketones (excluding diaryl/α,β-unsaturated/α-hetero) is 1. The van der Waals surface area contributed by atoms with Gasteiger partial charge in [-0.25, -0.2) is 0 Å². The molecule has 2 heterocycles. The van der Waals surface area contributed by atoms with Gasteiger partial charge in [-0.05, 0) is 30.5 Å². The van der Waals surface area contributed by atoms with Crippen LogP contribution in [0, 0.1) is 5.92 Å². The van der Waals surface area contributed by atoms with Crippen LogP contribution in [-0.2, 0) is 6.54 Å². The van der Waals surface area contributed by atoms with Gasteiger partial charge in [-0.15, -0.1) is 0 Å². The van der Waals surface area contributed by atoms with E-state index in [1.165, 1.54) is 7.11 Å². The van der Waals surface area contributed by atoms with Gasteiger partial charge in [-0.2, -0.15) is 0 Å². The number of methoxy groups -OCH3 is 1. The molecule has 3 aromatic rings. The second-order valence-electron chi connectivity index (χ2n) is 7.77. The molecule has 154 valence electrons. The SMILES string of the molecule is COc1c[nH]c(CN2CCC[C@@H](C(=O)c3ccc(-c4ccccc4)cc3)C2)cc1=O. The number of hydrogen-bond acceptors (Lipinski definition) is 4. The largest absolute Gasteiger partial charge is 0.491 e. The molecule has 5 heteroatoms. The number of rotatable bonds is 6. The summed E-state index contributed by atoms with van der Waals surface area (Å²) in [4.78, 5) is 30.4. The van der Waals surface area contributed by atoms with E-state index >= 15 is 0 Å². The van der Waals surface area contributed by atoms with Crippen LogP contribution in [0.2, 0.25) is 0 Å². The third-order valence-corrected chi connectivity index (χ3v) is 5.70. The van der Waals surface area contributed by atoms with E-state index in [1.54, 1.807) is 12.3 Å². The minimum atomic E-state index is -0.130. The Labute approximate surface area is 176 Å². The quantitative estimate of drug-likeness (QED) is 0.630. The summed E-state index contributed by atoms with van der Waals surface area (Å²) in [5.74, 6) is 0.484. The number of carbonyl (C=O) groups is 1. The lowest BCUT2D eigenvalue weighted by molar-refractivity contribution is 0.0810. The molecule has 0 saturated carbocycles. The minimum absolute atomic E-state index is 0.0219. The van der Waals surface area contributed by atoms with Crippen LogP contribution in [0.15, 0.2) is 71.7 Å². The van der Waals surface area contributed by atoms with Crippen LogP contribution in [0.25, 0.3) is 11.1 Å². The second kappa shape index (κ2) is 9.09. The van der Waals surface area contributed by atoms with Crippen LogP contribution < -0.4 is 10.2 Å². The average molecular weight is 402 g/mol. The number of piperidine rings is 1. The Bertz CT molecular complexity index is 1060. The number of H-pyrrole nitrogens is 1. The van der Waals surface area contributed by atoms with E-state index in [-0.39, 0.29) is 17.1 Å². The fourth-order valence-electron chi connectivity index (χ4n) is 4.10. The monoisotopic (exact) mass is 402 g/mol. The normalized spacial score (nSPS) is 16.9. The molecule has 1 N–H and O–H groups in total. The van der Waals surface area contributed by atoms with Gasteiger partial charge in [-0.3, -0.25) is 14.5 Å². The maximum Gasteiger partial charge on any atom is 0.223 e. The highest BCUT2D eigenvalue weighted by molar-refractivity contribution is 5.98. The number of likely N-dealkylation sites (tertiary alicyclic amines) is 1. The number of ketones is 1. The van der Waals surface area contributed by atoms with Crippen LogP contribution in [0.4, 0.5) is 0 Å². The van der Waals surface area contributed by atoms with Crippen molar-refractivity contribution in [2.24, 2.45) is 5.92 Å². The van der Waals surface area contributed by atoms with Gasteiger partial charge in [-0.1, -0.05) is 54.6 Å². The highest BCUT2D eigenvalue weighted by Crippen LogP contribution is 2.24. The molecule has 1 atom stereocenters. The van der Waals surface area contributed by atoms with Crippen molar-refractivity contribution < 1.29 is 9.53 Å². The standard InChI is InChI=1S/C25H26N2O3/c1-30-24-15-26-22(14-23(24)28)17-27-13-5-8-21(16-27)25(29)20-11-9-19(10-12-20)18-6-3-2-4-7-18/h2-4,6-7,9-12,14-15,21H,5,8,13,16-17H2,1H3,(H,26,28)/t21-/m1/s1. The molecule has 5 nitrogen and oxygen atoms in total. The minimum Gasteiger partial charge on any atom is -0.491 e. The number of nitrogens with one attached hydrogen (secondary N) is 1. The molecule has 0 unspecified atom stereocenters. The molecule has 30 heavy (non-hydrogen) atoms. The maximum absolute atomic E-state index is 13.1. The van der Waals surface area contributed by atoms with E-state index in [0.29, 0.717) is 18.8 Å². The first kappa shape index (κ1) is 20.1. The third kappa shape index (κ3) is 4.52. The van der Waals surface area contributed by atoms with Gasteiger partial charge in [0.15, 0.2) is 11.5 Å². The fraction of sp³-hybridized carbons (Fsp3) is 0.280. The Kier molecular flexibility index (Phi) is 6.10. The zero-order valence-electron chi connectivity index (χ0n) is 17.1. The Morgan fingerprint density at radius 2 is 1.83 bits per heavy atom. The first-order chi connectivity index (χ1) is 14.6. The number of carbonyl (C=O) groups excluding carboxylic acids is 1. The van der Waals surface area contributed by atoms with Crippen molar-refractivity contribution in [3.63, 3.8) is 0 Å². The number of nitrogens with zero attached hydrogens (tertiary/aromatic N) is 1. The number of aromatic amines is 1. The van der Waals surface area contributed by atoms with Crippen molar-refractivity contribution >= 4 is 5.78 Å². The van der Waals surface area contributed by atoms with Gasteiger partial charge in [0.2, 0.25) is 5.43 Å². The topological polar surface area (TPSA) is 62.4 Å². The molecular formula is C25H26N2O3. The highest BCUT2D eigenvalue weighted by atomic mass is 16.5. The number of pyridine rings is 1. The summed E-state index contributed by atoms with van der Waals surface area (Å²) in [5, 5.41) is 0. The lowest BCUT2D eigenvalue weighted by Crippen LogP contribution is -2.38. The van der Waals surface area contributed by atoms with Gasteiger partial charge >= 0.3 is 0 Å². The van der Waals surface area contributed by atoms with Gasteiger partial charge in [0, 0.05) is 42.5 Å². The summed E-state index contributed by atoms with van der Waals surface area (Å²) >= 11 is 0. The summed E-state index contributed by atoms with van der Waals surface area (Å²) in [6.45, 7) is 2.24. The Balaban J connectivity index is 1.42. The Hall–Kier alpha value is -3.18. The molecule has 1 aliphatic rings. The molecule has 0 amide bonds. The first-order valence-electron chi connectivity index (χ1n) is 10.3. The molecule has 1 aliphatic heterocycles. The van der Waals surface area contributed by atoms with Crippen LogP contribution >= 0.6 is 0 Å². The summed E-state index contributed by atoms with van der Waals surface area (Å²) in [6.07, 6.45) is 3.46. The summed E-state index contributed by atoms with van der Waals surface area (Å²) in [7, 11) is 1.48. The highest BCUT2D eigenvalue weighted by Gasteiger charge is 2.26. The third-order valence-electron chi connectivity index (χ3n) is 5.70. The van der Waals surface area contributed by atoms with Gasteiger partial charge in [0.1, 0.15) is 0 Å². The van der Waals surface area contributed by atoms with Gasteiger partial charge in [0.05, 0.1) is 7.11 Å². The van der Waals surface area contributed by atoms with E-state index in [1.807, 2.05) is 42.5 Å². The summed E-state index contributed by atoms with van der Waals surface area (Å²) in [5.41, 5.74) is 3.73. The van der Waals surface area contributed by atoms with E-state index in [9.17, 15) is 9.59 Å². The predicted octanol–water partition coefficient (Wildman–Crippen LogP) is 4.15. The molecule has 1 fully saturated rings. The van der Waals surface area contributed by atoms with Gasteiger partial charge < -0.3 is 9.72 Å².